The highest BCUT2D eigenvalue weighted by atomic mass is 32.2. The number of hydrogen-bond acceptors (Lipinski definition) is 6. The van der Waals surface area contributed by atoms with Gasteiger partial charge in [0.15, 0.2) is 10.7 Å². The van der Waals surface area contributed by atoms with E-state index in [0.29, 0.717) is 11.5 Å². The van der Waals surface area contributed by atoms with Crippen LogP contribution in [-0.2, 0) is 10.0 Å². The van der Waals surface area contributed by atoms with Crippen LogP contribution in [0.1, 0.15) is 12.8 Å². The second-order valence-electron chi connectivity index (χ2n) is 6.85. The first-order valence-corrected chi connectivity index (χ1v) is 10.8. The van der Waals surface area contributed by atoms with Crippen LogP contribution < -0.4 is 14.9 Å². The number of nitrogens with zero attached hydrogens (tertiary/aromatic N) is 3. The lowest BCUT2D eigenvalue weighted by Crippen LogP contribution is -2.18. The Morgan fingerprint density at radius 2 is 1.57 bits per heavy atom. The van der Waals surface area contributed by atoms with Crippen molar-refractivity contribution in [2.24, 2.45) is 0 Å². The number of anilines is 4. The van der Waals surface area contributed by atoms with Gasteiger partial charge in [-0.15, -0.1) is 5.10 Å². The van der Waals surface area contributed by atoms with Gasteiger partial charge in [0.1, 0.15) is 11.6 Å². The van der Waals surface area contributed by atoms with Gasteiger partial charge in [0.2, 0.25) is 0 Å². The lowest BCUT2D eigenvalue weighted by Gasteiger charge is -2.17. The van der Waals surface area contributed by atoms with Crippen LogP contribution in [0, 0.1) is 11.6 Å². The molecule has 2 heterocycles. The molecule has 1 aliphatic rings. The second-order valence-corrected chi connectivity index (χ2v) is 8.47. The van der Waals surface area contributed by atoms with E-state index < -0.39 is 26.6 Å². The van der Waals surface area contributed by atoms with Gasteiger partial charge in [-0.1, -0.05) is 6.07 Å². The van der Waals surface area contributed by atoms with Gasteiger partial charge in [-0.3, -0.25) is 4.72 Å². The summed E-state index contributed by atoms with van der Waals surface area (Å²) in [7, 11) is -4.41. The Bertz CT molecular complexity index is 1130. The highest BCUT2D eigenvalue weighted by molar-refractivity contribution is 7.92. The van der Waals surface area contributed by atoms with Crippen LogP contribution in [0.4, 0.5) is 31.7 Å². The molecule has 7 nitrogen and oxygen atoms in total. The minimum Gasteiger partial charge on any atom is -0.370 e. The van der Waals surface area contributed by atoms with E-state index >= 15 is 0 Å². The molecule has 30 heavy (non-hydrogen) atoms. The third kappa shape index (κ3) is 4.33. The van der Waals surface area contributed by atoms with Crippen LogP contribution >= 0.6 is 0 Å². The number of hydrogen-bond donors (Lipinski definition) is 2. The molecule has 1 saturated heterocycles. The van der Waals surface area contributed by atoms with E-state index in [1.54, 1.807) is 18.3 Å². The molecule has 0 bridgehead atoms. The van der Waals surface area contributed by atoms with Crippen molar-refractivity contribution in [1.29, 1.82) is 0 Å². The zero-order valence-electron chi connectivity index (χ0n) is 15.8. The van der Waals surface area contributed by atoms with Crippen molar-refractivity contribution in [3.05, 3.63) is 66.4 Å². The Morgan fingerprint density at radius 3 is 2.23 bits per heavy atom. The summed E-state index contributed by atoms with van der Waals surface area (Å²) in [6, 6.07) is 11.0. The molecule has 0 spiro atoms. The maximum absolute atomic E-state index is 13.8. The summed E-state index contributed by atoms with van der Waals surface area (Å²) in [5.74, 6) is -1.75. The fourth-order valence-corrected chi connectivity index (χ4v) is 4.48. The first-order chi connectivity index (χ1) is 14.4. The SMILES string of the molecule is O=S(=O)(Nc1ccc(Nc2cc(N3CCCC3)cnn2)cc1)c1c(F)cccc1F. The summed E-state index contributed by atoms with van der Waals surface area (Å²) >= 11 is 0. The van der Waals surface area contributed by atoms with E-state index in [0.717, 1.165) is 49.8 Å². The Hall–Kier alpha value is -3.27. The van der Waals surface area contributed by atoms with Gasteiger partial charge < -0.3 is 10.2 Å². The fraction of sp³-hybridized carbons (Fsp3) is 0.200. The molecule has 0 aliphatic carbocycles. The topological polar surface area (TPSA) is 87.2 Å². The van der Waals surface area contributed by atoms with E-state index in [1.165, 1.54) is 12.1 Å². The second kappa shape index (κ2) is 8.23. The number of nitrogens with one attached hydrogen (secondary N) is 2. The molecule has 3 aromatic rings. The molecule has 0 radical (unpaired) electrons. The molecule has 0 saturated carbocycles. The predicted molar refractivity (Wildman–Crippen MR) is 110 cm³/mol. The summed E-state index contributed by atoms with van der Waals surface area (Å²) < 4.78 is 54.5. The lowest BCUT2D eigenvalue weighted by atomic mass is 10.3. The van der Waals surface area contributed by atoms with Crippen molar-refractivity contribution < 1.29 is 17.2 Å². The average molecular weight is 431 g/mol. The molecule has 0 atom stereocenters. The van der Waals surface area contributed by atoms with Crippen LogP contribution in [0.3, 0.4) is 0 Å². The Balaban J connectivity index is 1.48. The summed E-state index contributed by atoms with van der Waals surface area (Å²) in [6.07, 6.45) is 4.02. The molecule has 1 fully saturated rings. The summed E-state index contributed by atoms with van der Waals surface area (Å²) in [4.78, 5) is 1.22. The Labute approximate surface area is 172 Å². The molecule has 4 rings (SSSR count). The van der Waals surface area contributed by atoms with Crippen LogP contribution in [0.5, 0.6) is 0 Å². The van der Waals surface area contributed by atoms with Gasteiger partial charge in [0, 0.05) is 30.5 Å². The van der Waals surface area contributed by atoms with E-state index in [2.05, 4.69) is 25.1 Å². The minimum atomic E-state index is -4.41. The van der Waals surface area contributed by atoms with E-state index in [-0.39, 0.29) is 5.69 Å². The molecular weight excluding hydrogens is 412 g/mol. The third-order valence-corrected chi connectivity index (χ3v) is 6.14. The molecule has 156 valence electrons. The summed E-state index contributed by atoms with van der Waals surface area (Å²) in [5, 5.41) is 11.2. The number of benzene rings is 2. The van der Waals surface area contributed by atoms with Crippen LogP contribution in [-0.4, -0.2) is 31.7 Å². The van der Waals surface area contributed by atoms with Crippen molar-refractivity contribution in [3.63, 3.8) is 0 Å². The Kier molecular flexibility index (Phi) is 5.49. The average Bonchev–Trinajstić information content (AvgIpc) is 3.24. The maximum atomic E-state index is 13.8. The number of sulfonamides is 1. The summed E-state index contributed by atoms with van der Waals surface area (Å²) in [6.45, 7) is 1.98. The van der Waals surface area contributed by atoms with Crippen molar-refractivity contribution in [3.8, 4) is 0 Å². The van der Waals surface area contributed by atoms with Gasteiger partial charge in [-0.2, -0.15) is 5.10 Å². The molecule has 2 N–H and O–H groups in total. The van der Waals surface area contributed by atoms with Crippen molar-refractivity contribution >= 4 is 32.9 Å². The molecule has 0 amide bonds. The largest absolute Gasteiger partial charge is 0.370 e. The van der Waals surface area contributed by atoms with Gasteiger partial charge in [0.05, 0.1) is 11.9 Å². The molecule has 2 aromatic carbocycles. The monoisotopic (exact) mass is 431 g/mol. The molecule has 10 heteroatoms. The van der Waals surface area contributed by atoms with Gasteiger partial charge in [0.25, 0.3) is 10.0 Å². The van der Waals surface area contributed by atoms with Crippen LogP contribution in [0.2, 0.25) is 0 Å². The van der Waals surface area contributed by atoms with E-state index in [9.17, 15) is 17.2 Å². The highest BCUT2D eigenvalue weighted by Crippen LogP contribution is 2.25. The van der Waals surface area contributed by atoms with Crippen molar-refractivity contribution in [2.75, 3.05) is 28.0 Å². The Morgan fingerprint density at radius 1 is 0.933 bits per heavy atom. The van der Waals surface area contributed by atoms with Gasteiger partial charge in [-0.05, 0) is 49.2 Å². The van der Waals surface area contributed by atoms with E-state index in [4.69, 9.17) is 0 Å². The van der Waals surface area contributed by atoms with Crippen molar-refractivity contribution in [2.45, 2.75) is 17.7 Å². The normalized spacial score (nSPS) is 14.0. The highest BCUT2D eigenvalue weighted by Gasteiger charge is 2.23. The molecule has 1 aromatic heterocycles. The number of aromatic nitrogens is 2. The van der Waals surface area contributed by atoms with Gasteiger partial charge in [-0.25, -0.2) is 17.2 Å². The van der Waals surface area contributed by atoms with Crippen LogP contribution in [0.15, 0.2) is 59.6 Å². The molecule has 0 unspecified atom stereocenters. The smallest absolute Gasteiger partial charge is 0.267 e. The fourth-order valence-electron chi connectivity index (χ4n) is 3.28. The number of rotatable bonds is 6. The molecule has 1 aliphatic heterocycles. The first kappa shape index (κ1) is 20.0. The van der Waals surface area contributed by atoms with E-state index in [1.807, 2.05) is 6.07 Å². The predicted octanol–water partition coefficient (Wildman–Crippen LogP) is 3.90. The standard InChI is InChI=1S/C20H19F2N5O2S/c21-17-4-3-5-18(22)20(17)30(28,29)26-15-8-6-14(7-9-15)24-19-12-16(13-23-25-19)27-10-1-2-11-27/h3-9,12-13,26H,1-2,10-11H2,(H,24,25). The zero-order valence-corrected chi connectivity index (χ0v) is 16.7. The van der Waals surface area contributed by atoms with Gasteiger partial charge >= 0.3 is 0 Å². The minimum absolute atomic E-state index is 0.167. The van der Waals surface area contributed by atoms with Crippen molar-refractivity contribution in [1.82, 2.24) is 10.2 Å². The first-order valence-electron chi connectivity index (χ1n) is 9.34. The maximum Gasteiger partial charge on any atom is 0.267 e. The van der Waals surface area contributed by atoms with Crippen LogP contribution in [0.25, 0.3) is 0 Å². The number of halogens is 2. The summed E-state index contributed by atoms with van der Waals surface area (Å²) in [5.41, 5.74) is 1.81. The molecular formula is C20H19F2N5O2S. The zero-order chi connectivity index (χ0) is 21.1. The third-order valence-electron chi connectivity index (χ3n) is 4.71. The quantitative estimate of drug-likeness (QED) is 0.616. The lowest BCUT2D eigenvalue weighted by molar-refractivity contribution is 0.521.